The maximum Gasteiger partial charge on any atom is 0.228 e. The van der Waals surface area contributed by atoms with E-state index in [1.165, 1.54) is 5.56 Å². The highest BCUT2D eigenvalue weighted by molar-refractivity contribution is 5.92. The molecule has 1 N–H and O–H groups in total. The monoisotopic (exact) mass is 389 g/mol. The Morgan fingerprint density at radius 3 is 2.48 bits per heavy atom. The number of amides is 1. The summed E-state index contributed by atoms with van der Waals surface area (Å²) in [5, 5.41) is 8.01. The van der Waals surface area contributed by atoms with Gasteiger partial charge in [0.15, 0.2) is 0 Å². The minimum atomic E-state index is 0.0255. The van der Waals surface area contributed by atoms with E-state index in [9.17, 15) is 4.79 Å². The van der Waals surface area contributed by atoms with Crippen LogP contribution in [0.15, 0.2) is 54.6 Å². The predicted octanol–water partition coefficient (Wildman–Crippen LogP) is 6.31. The molecule has 0 radical (unpaired) electrons. The number of nitrogens with one attached hydrogen (secondary N) is 1. The molecule has 0 unspecified atom stereocenters. The highest BCUT2D eigenvalue weighted by atomic mass is 16.2. The lowest BCUT2D eigenvalue weighted by atomic mass is 9.98. The van der Waals surface area contributed by atoms with Gasteiger partial charge in [-0.05, 0) is 38.3 Å². The second-order valence-electron chi connectivity index (χ2n) is 7.72. The van der Waals surface area contributed by atoms with Crippen LogP contribution in [0.25, 0.3) is 16.9 Å². The SMILES string of the molecule is CCCC[C@@H](CC)C(=O)Nc1cc(-c2ccccc2)nn1-c1ccc(C)cc1C. The number of benzene rings is 2. The van der Waals surface area contributed by atoms with Crippen molar-refractivity contribution in [1.82, 2.24) is 9.78 Å². The number of carbonyl (C=O) groups excluding carboxylic acids is 1. The van der Waals surface area contributed by atoms with Crippen LogP contribution < -0.4 is 5.32 Å². The molecule has 0 saturated carbocycles. The van der Waals surface area contributed by atoms with Gasteiger partial charge in [0.05, 0.1) is 11.4 Å². The molecular formula is C25H31N3O. The lowest BCUT2D eigenvalue weighted by Gasteiger charge is -2.16. The fraction of sp³-hybridized carbons (Fsp3) is 0.360. The van der Waals surface area contributed by atoms with E-state index in [2.05, 4.69) is 51.2 Å². The maximum absolute atomic E-state index is 13.0. The third-order valence-corrected chi connectivity index (χ3v) is 5.38. The van der Waals surface area contributed by atoms with Gasteiger partial charge in [0.25, 0.3) is 0 Å². The molecular weight excluding hydrogens is 358 g/mol. The van der Waals surface area contributed by atoms with Crippen molar-refractivity contribution in [3.8, 4) is 16.9 Å². The zero-order valence-corrected chi connectivity index (χ0v) is 17.9. The molecule has 0 saturated heterocycles. The van der Waals surface area contributed by atoms with Crippen LogP contribution in [-0.4, -0.2) is 15.7 Å². The van der Waals surface area contributed by atoms with E-state index in [0.29, 0.717) is 0 Å². The van der Waals surface area contributed by atoms with Gasteiger partial charge >= 0.3 is 0 Å². The fourth-order valence-electron chi connectivity index (χ4n) is 3.65. The average molecular weight is 390 g/mol. The molecule has 0 aliphatic heterocycles. The van der Waals surface area contributed by atoms with Crippen molar-refractivity contribution < 1.29 is 4.79 Å². The van der Waals surface area contributed by atoms with Crippen LogP contribution in [0.2, 0.25) is 0 Å². The van der Waals surface area contributed by atoms with Crippen molar-refractivity contribution in [1.29, 1.82) is 0 Å². The second-order valence-corrected chi connectivity index (χ2v) is 7.72. The summed E-state index contributed by atoms with van der Waals surface area (Å²) in [6.07, 6.45) is 3.93. The molecule has 0 spiro atoms. The Kier molecular flexibility index (Phi) is 6.86. The van der Waals surface area contributed by atoms with E-state index < -0.39 is 0 Å². The predicted molar refractivity (Wildman–Crippen MR) is 120 cm³/mol. The minimum absolute atomic E-state index is 0.0255. The highest BCUT2D eigenvalue weighted by Gasteiger charge is 2.20. The number of carbonyl (C=O) groups is 1. The lowest BCUT2D eigenvalue weighted by Crippen LogP contribution is -2.23. The third kappa shape index (κ3) is 4.94. The van der Waals surface area contributed by atoms with Gasteiger partial charge < -0.3 is 5.32 Å². The van der Waals surface area contributed by atoms with Gasteiger partial charge in [-0.3, -0.25) is 4.79 Å². The number of hydrogen-bond acceptors (Lipinski definition) is 2. The topological polar surface area (TPSA) is 46.9 Å². The Hall–Kier alpha value is -2.88. The first kappa shape index (κ1) is 20.8. The van der Waals surface area contributed by atoms with Crippen molar-refractivity contribution in [2.24, 2.45) is 5.92 Å². The first-order valence-corrected chi connectivity index (χ1v) is 10.6. The average Bonchev–Trinajstić information content (AvgIpc) is 3.12. The van der Waals surface area contributed by atoms with E-state index in [4.69, 9.17) is 5.10 Å². The minimum Gasteiger partial charge on any atom is -0.310 e. The van der Waals surface area contributed by atoms with Crippen molar-refractivity contribution >= 4 is 11.7 Å². The molecule has 1 heterocycles. The number of rotatable bonds is 8. The maximum atomic E-state index is 13.0. The summed E-state index contributed by atoms with van der Waals surface area (Å²) in [6.45, 7) is 8.40. The molecule has 4 heteroatoms. The molecule has 1 aromatic heterocycles. The molecule has 1 atom stereocenters. The summed E-state index contributed by atoms with van der Waals surface area (Å²) in [5.74, 6) is 0.819. The van der Waals surface area contributed by atoms with E-state index in [1.54, 1.807) is 0 Å². The molecule has 2 aromatic carbocycles. The van der Waals surface area contributed by atoms with Crippen LogP contribution in [-0.2, 0) is 4.79 Å². The molecule has 0 aliphatic carbocycles. The number of nitrogens with zero attached hydrogens (tertiary/aromatic N) is 2. The summed E-state index contributed by atoms with van der Waals surface area (Å²) in [7, 11) is 0. The Balaban J connectivity index is 2.00. The molecule has 0 aliphatic rings. The number of unbranched alkanes of at least 4 members (excludes halogenated alkanes) is 1. The van der Waals surface area contributed by atoms with Crippen LogP contribution in [0.4, 0.5) is 5.82 Å². The van der Waals surface area contributed by atoms with Gasteiger partial charge in [-0.1, -0.05) is 74.7 Å². The third-order valence-electron chi connectivity index (χ3n) is 5.38. The summed E-state index contributed by atoms with van der Waals surface area (Å²) < 4.78 is 1.86. The molecule has 152 valence electrons. The summed E-state index contributed by atoms with van der Waals surface area (Å²) >= 11 is 0. The number of anilines is 1. The molecule has 3 rings (SSSR count). The van der Waals surface area contributed by atoms with Crippen LogP contribution in [0.5, 0.6) is 0 Å². The van der Waals surface area contributed by atoms with Crippen molar-refractivity contribution in [2.75, 3.05) is 5.32 Å². The van der Waals surface area contributed by atoms with Crippen LogP contribution in [0.3, 0.4) is 0 Å². The van der Waals surface area contributed by atoms with Crippen LogP contribution >= 0.6 is 0 Å². The molecule has 0 bridgehead atoms. The zero-order valence-electron chi connectivity index (χ0n) is 17.9. The number of hydrogen-bond donors (Lipinski definition) is 1. The fourth-order valence-corrected chi connectivity index (χ4v) is 3.65. The summed E-state index contributed by atoms with van der Waals surface area (Å²) in [6, 6.07) is 18.3. The Morgan fingerprint density at radius 1 is 1.07 bits per heavy atom. The summed E-state index contributed by atoms with van der Waals surface area (Å²) in [5.41, 5.74) is 5.20. The van der Waals surface area contributed by atoms with Gasteiger partial charge in [-0.25, -0.2) is 4.68 Å². The Bertz CT molecular complexity index is 959. The van der Waals surface area contributed by atoms with E-state index in [1.807, 2.05) is 41.1 Å². The van der Waals surface area contributed by atoms with Gasteiger partial charge in [0.2, 0.25) is 5.91 Å². The Labute approximate surface area is 174 Å². The van der Waals surface area contributed by atoms with E-state index in [0.717, 1.165) is 54.0 Å². The quantitative estimate of drug-likeness (QED) is 0.490. The first-order valence-electron chi connectivity index (χ1n) is 10.6. The van der Waals surface area contributed by atoms with Crippen LogP contribution in [0, 0.1) is 19.8 Å². The van der Waals surface area contributed by atoms with Crippen LogP contribution in [0.1, 0.15) is 50.7 Å². The molecule has 3 aromatic rings. The zero-order chi connectivity index (χ0) is 20.8. The van der Waals surface area contributed by atoms with Gasteiger partial charge in [-0.2, -0.15) is 5.10 Å². The van der Waals surface area contributed by atoms with E-state index >= 15 is 0 Å². The number of aromatic nitrogens is 2. The lowest BCUT2D eigenvalue weighted by molar-refractivity contribution is -0.120. The van der Waals surface area contributed by atoms with Crippen molar-refractivity contribution in [2.45, 2.75) is 53.4 Å². The van der Waals surface area contributed by atoms with Crippen molar-refractivity contribution in [3.05, 3.63) is 65.7 Å². The smallest absolute Gasteiger partial charge is 0.228 e. The standard InChI is InChI=1S/C25H31N3O/c1-5-7-11-20(6-2)25(29)26-24-17-22(21-12-9-8-10-13-21)27-28(24)23-15-14-18(3)16-19(23)4/h8-10,12-17,20H,5-7,11H2,1-4H3,(H,26,29)/t20-/m1/s1. The van der Waals surface area contributed by atoms with Gasteiger partial charge in [-0.15, -0.1) is 0 Å². The van der Waals surface area contributed by atoms with Gasteiger partial charge in [0, 0.05) is 17.5 Å². The molecule has 4 nitrogen and oxygen atoms in total. The largest absolute Gasteiger partial charge is 0.310 e. The molecule has 29 heavy (non-hydrogen) atoms. The Morgan fingerprint density at radius 2 is 1.83 bits per heavy atom. The molecule has 1 amide bonds. The summed E-state index contributed by atoms with van der Waals surface area (Å²) in [4.78, 5) is 13.0. The second kappa shape index (κ2) is 9.55. The van der Waals surface area contributed by atoms with Crippen molar-refractivity contribution in [3.63, 3.8) is 0 Å². The van der Waals surface area contributed by atoms with Gasteiger partial charge in [0.1, 0.15) is 5.82 Å². The normalized spacial score (nSPS) is 12.0. The molecule has 0 fully saturated rings. The first-order chi connectivity index (χ1) is 14.0. The van der Waals surface area contributed by atoms with E-state index in [-0.39, 0.29) is 11.8 Å². The highest BCUT2D eigenvalue weighted by Crippen LogP contribution is 2.27. The number of aryl methyl sites for hydroxylation is 2.